The maximum absolute atomic E-state index is 4.23. The van der Waals surface area contributed by atoms with Crippen molar-refractivity contribution in [3.63, 3.8) is 0 Å². The molecule has 0 radical (unpaired) electrons. The van der Waals surface area contributed by atoms with Gasteiger partial charge in [0.1, 0.15) is 6.34 Å². The number of nitrogens with zero attached hydrogens (tertiary/aromatic N) is 2. The average Bonchev–Trinajstić information content (AvgIpc) is 2.33. The molecule has 1 aromatic rings. The van der Waals surface area contributed by atoms with E-state index in [-0.39, 0.29) is 0 Å². The first-order chi connectivity index (χ1) is 7.36. The molecular formula is C12H17N3. The molecule has 2 rings (SSSR count). The van der Waals surface area contributed by atoms with Crippen LogP contribution in [0.3, 0.4) is 0 Å². The first kappa shape index (κ1) is 11.3. The third kappa shape index (κ3) is 3.13. The fraction of sp³-hybridized carbons (Fsp3) is 0.250. The first-order valence-corrected chi connectivity index (χ1v) is 5.15. The van der Waals surface area contributed by atoms with Crippen LogP contribution < -0.4 is 5.43 Å². The van der Waals surface area contributed by atoms with Crippen molar-refractivity contribution >= 4 is 12.0 Å². The smallest absolute Gasteiger partial charge is 0.107 e. The fourth-order valence-electron chi connectivity index (χ4n) is 1.20. The van der Waals surface area contributed by atoms with Crippen molar-refractivity contribution in [3.05, 3.63) is 42.1 Å². The second-order valence-electron chi connectivity index (χ2n) is 2.88. The van der Waals surface area contributed by atoms with E-state index in [1.807, 2.05) is 62.4 Å². The second kappa shape index (κ2) is 5.86. The number of aliphatic imine (C=N–C) groups is 1. The third-order valence-corrected chi connectivity index (χ3v) is 1.85. The van der Waals surface area contributed by atoms with Gasteiger partial charge in [0, 0.05) is 18.8 Å². The number of hydrogen-bond donors (Lipinski definition) is 1. The highest BCUT2D eigenvalue weighted by atomic mass is 15.5. The van der Waals surface area contributed by atoms with Crippen molar-refractivity contribution in [2.45, 2.75) is 13.8 Å². The maximum Gasteiger partial charge on any atom is 0.107 e. The van der Waals surface area contributed by atoms with Crippen LogP contribution in [0.1, 0.15) is 19.4 Å². The van der Waals surface area contributed by atoms with Gasteiger partial charge in [-0.05, 0) is 0 Å². The number of hydrazine groups is 1. The fourth-order valence-corrected chi connectivity index (χ4v) is 1.20. The van der Waals surface area contributed by atoms with E-state index in [4.69, 9.17) is 0 Å². The summed E-state index contributed by atoms with van der Waals surface area (Å²) in [5.41, 5.74) is 5.05. The van der Waals surface area contributed by atoms with Gasteiger partial charge in [0.2, 0.25) is 0 Å². The van der Waals surface area contributed by atoms with Gasteiger partial charge in [-0.1, -0.05) is 44.2 Å². The number of nitrogens with one attached hydrogen (secondary N) is 1. The van der Waals surface area contributed by atoms with E-state index < -0.39 is 0 Å². The van der Waals surface area contributed by atoms with Crippen LogP contribution in [-0.2, 0) is 0 Å². The highest BCUT2D eigenvalue weighted by Gasteiger charge is 2.02. The van der Waals surface area contributed by atoms with Gasteiger partial charge in [0.15, 0.2) is 0 Å². The Morgan fingerprint density at radius 3 is 2.40 bits per heavy atom. The molecule has 0 saturated heterocycles. The molecule has 0 atom stereocenters. The molecule has 1 aliphatic heterocycles. The van der Waals surface area contributed by atoms with Crippen LogP contribution in [0.25, 0.3) is 5.70 Å². The van der Waals surface area contributed by atoms with E-state index in [0.717, 1.165) is 11.3 Å². The second-order valence-corrected chi connectivity index (χ2v) is 2.88. The van der Waals surface area contributed by atoms with E-state index in [1.54, 1.807) is 6.34 Å². The van der Waals surface area contributed by atoms with Gasteiger partial charge in [-0.2, -0.15) is 0 Å². The molecule has 0 unspecified atom stereocenters. The molecule has 0 aliphatic carbocycles. The molecule has 3 nitrogen and oxygen atoms in total. The minimum Gasteiger partial charge on any atom is -0.295 e. The van der Waals surface area contributed by atoms with Gasteiger partial charge >= 0.3 is 0 Å². The van der Waals surface area contributed by atoms with Crippen molar-refractivity contribution in [3.8, 4) is 0 Å². The Morgan fingerprint density at radius 2 is 1.80 bits per heavy atom. The molecule has 1 aromatic carbocycles. The summed E-state index contributed by atoms with van der Waals surface area (Å²) < 4.78 is 0. The predicted octanol–water partition coefficient (Wildman–Crippen LogP) is 2.49. The molecule has 3 heteroatoms. The van der Waals surface area contributed by atoms with Crippen molar-refractivity contribution < 1.29 is 0 Å². The maximum atomic E-state index is 4.23. The summed E-state index contributed by atoms with van der Waals surface area (Å²) in [5.74, 6) is 0. The minimum absolute atomic E-state index is 0.974. The monoisotopic (exact) mass is 203 g/mol. The Balaban J connectivity index is 0.000000531. The van der Waals surface area contributed by atoms with E-state index in [0.29, 0.717) is 0 Å². The van der Waals surface area contributed by atoms with Gasteiger partial charge in [-0.25, -0.2) is 4.99 Å². The van der Waals surface area contributed by atoms with Crippen molar-refractivity contribution in [1.29, 1.82) is 0 Å². The topological polar surface area (TPSA) is 27.6 Å². The molecular weight excluding hydrogens is 186 g/mol. The van der Waals surface area contributed by atoms with Gasteiger partial charge < -0.3 is 0 Å². The lowest BCUT2D eigenvalue weighted by Gasteiger charge is -2.18. The lowest BCUT2D eigenvalue weighted by molar-refractivity contribution is 0.411. The predicted molar refractivity (Wildman–Crippen MR) is 65.2 cm³/mol. The minimum atomic E-state index is 0.974. The van der Waals surface area contributed by atoms with Crippen LogP contribution in [0.2, 0.25) is 0 Å². The first-order valence-electron chi connectivity index (χ1n) is 5.15. The van der Waals surface area contributed by atoms with Crippen molar-refractivity contribution in [2.75, 3.05) is 7.05 Å². The zero-order valence-corrected chi connectivity index (χ0v) is 9.44. The zero-order chi connectivity index (χ0) is 11.1. The molecule has 1 heterocycles. The molecule has 1 N–H and O–H groups in total. The average molecular weight is 203 g/mol. The Hall–Kier alpha value is -1.77. The van der Waals surface area contributed by atoms with Gasteiger partial charge in [0.25, 0.3) is 0 Å². The molecule has 1 aliphatic rings. The lowest BCUT2D eigenvalue weighted by atomic mass is 10.2. The number of hydrogen-bond acceptors (Lipinski definition) is 3. The van der Waals surface area contributed by atoms with Crippen LogP contribution in [0.4, 0.5) is 0 Å². The SMILES string of the molecule is CC.CN1C=C(c2ccccc2)N=CN1. The van der Waals surface area contributed by atoms with E-state index in [2.05, 4.69) is 10.4 Å². The van der Waals surface area contributed by atoms with Gasteiger partial charge in [0.05, 0.1) is 5.70 Å². The van der Waals surface area contributed by atoms with Crippen LogP contribution in [-0.4, -0.2) is 18.4 Å². The summed E-state index contributed by atoms with van der Waals surface area (Å²) in [7, 11) is 1.94. The molecule has 0 amide bonds. The van der Waals surface area contributed by atoms with Gasteiger partial charge in [-0.15, -0.1) is 0 Å². The standard InChI is InChI=1S/C10H11N3.C2H6/c1-13-7-10(11-8-12-13)9-5-3-2-4-6-9;1-2/h2-8H,1H3,(H,11,12);1-2H3. The highest BCUT2D eigenvalue weighted by Crippen LogP contribution is 2.16. The number of rotatable bonds is 1. The normalized spacial score (nSPS) is 13.5. The van der Waals surface area contributed by atoms with E-state index in [9.17, 15) is 0 Å². The van der Waals surface area contributed by atoms with Gasteiger partial charge in [-0.3, -0.25) is 10.4 Å². The zero-order valence-electron chi connectivity index (χ0n) is 9.44. The summed E-state index contributed by atoms with van der Waals surface area (Å²) in [6, 6.07) is 10.1. The highest BCUT2D eigenvalue weighted by molar-refractivity contribution is 5.74. The molecule has 0 spiro atoms. The Kier molecular flexibility index (Phi) is 4.41. The summed E-state index contributed by atoms with van der Waals surface area (Å²) in [6.45, 7) is 4.00. The molecule has 15 heavy (non-hydrogen) atoms. The summed E-state index contributed by atoms with van der Waals surface area (Å²) in [4.78, 5) is 4.23. The molecule has 0 bridgehead atoms. The van der Waals surface area contributed by atoms with Crippen molar-refractivity contribution in [1.82, 2.24) is 10.4 Å². The van der Waals surface area contributed by atoms with Crippen LogP contribution in [0, 0.1) is 0 Å². The Morgan fingerprint density at radius 1 is 1.13 bits per heavy atom. The number of benzene rings is 1. The molecule has 0 fully saturated rings. The summed E-state index contributed by atoms with van der Waals surface area (Å²) in [6.07, 6.45) is 3.64. The van der Waals surface area contributed by atoms with Crippen molar-refractivity contribution in [2.24, 2.45) is 4.99 Å². The van der Waals surface area contributed by atoms with Crippen LogP contribution in [0.5, 0.6) is 0 Å². The largest absolute Gasteiger partial charge is 0.295 e. The van der Waals surface area contributed by atoms with Crippen LogP contribution in [0.15, 0.2) is 41.5 Å². The quantitative estimate of drug-likeness (QED) is 0.759. The van der Waals surface area contributed by atoms with E-state index >= 15 is 0 Å². The molecule has 0 saturated carbocycles. The van der Waals surface area contributed by atoms with E-state index in [1.165, 1.54) is 0 Å². The summed E-state index contributed by atoms with van der Waals surface area (Å²) >= 11 is 0. The Labute approximate surface area is 91.1 Å². The molecule has 0 aromatic heterocycles. The van der Waals surface area contributed by atoms with Crippen LogP contribution >= 0.6 is 0 Å². The third-order valence-electron chi connectivity index (χ3n) is 1.85. The molecule has 80 valence electrons. The lowest BCUT2D eigenvalue weighted by Crippen LogP contribution is -2.30. The summed E-state index contributed by atoms with van der Waals surface area (Å²) in [5, 5.41) is 1.87. The Bertz CT molecular complexity index is 341.